The maximum atomic E-state index is 11.2. The first kappa shape index (κ1) is 29.2. The molecule has 0 aliphatic heterocycles. The van der Waals surface area contributed by atoms with Crippen LogP contribution in [0.1, 0.15) is 114 Å². The molecule has 3 aliphatic rings. The molecule has 5 rings (SSSR count). The van der Waals surface area contributed by atoms with Gasteiger partial charge in [0.25, 0.3) is 0 Å². The average molecular weight is 532 g/mol. The molecule has 2 aromatic heterocycles. The topological polar surface area (TPSA) is 66.8 Å². The third-order valence-corrected chi connectivity index (χ3v) is 9.23. The van der Waals surface area contributed by atoms with Crippen molar-refractivity contribution in [2.75, 3.05) is 0 Å². The lowest BCUT2D eigenvalue weighted by molar-refractivity contribution is 0.259. The first-order valence-corrected chi connectivity index (χ1v) is 15.3. The fourth-order valence-corrected chi connectivity index (χ4v) is 6.35. The number of nitrogens with zero attached hydrogens (tertiary/aromatic N) is 5. The van der Waals surface area contributed by atoms with Crippen LogP contribution in [0.15, 0.2) is 18.8 Å². The van der Waals surface area contributed by atoms with E-state index in [0.29, 0.717) is 12.1 Å². The summed E-state index contributed by atoms with van der Waals surface area (Å²) in [4.78, 5) is 13.8. The Morgan fingerprint density at radius 3 is 2.46 bits per heavy atom. The van der Waals surface area contributed by atoms with Gasteiger partial charge in [0.05, 0.1) is 17.2 Å². The van der Waals surface area contributed by atoms with Gasteiger partial charge >= 0.3 is 0 Å². The van der Waals surface area contributed by atoms with E-state index in [1.807, 2.05) is 27.0 Å². The van der Waals surface area contributed by atoms with Crippen LogP contribution >= 0.6 is 0 Å². The van der Waals surface area contributed by atoms with Crippen LogP contribution in [0.2, 0.25) is 0 Å². The highest BCUT2D eigenvalue weighted by Crippen LogP contribution is 2.40. The highest BCUT2D eigenvalue weighted by Gasteiger charge is 2.38. The monoisotopic (exact) mass is 531 g/mol. The Kier molecular flexibility index (Phi) is 9.41. The molecule has 212 valence electrons. The molecular formula is C33H49N5O. The van der Waals surface area contributed by atoms with Crippen molar-refractivity contribution >= 4 is 12.1 Å². The summed E-state index contributed by atoms with van der Waals surface area (Å²) >= 11 is 0. The van der Waals surface area contributed by atoms with Gasteiger partial charge < -0.3 is 9.47 Å². The van der Waals surface area contributed by atoms with E-state index in [0.717, 1.165) is 50.1 Å². The number of fused-ring (bicyclic) bond motifs is 1. The molecule has 1 unspecified atom stereocenters. The number of rotatable bonds is 9. The molecule has 0 bridgehead atoms. The smallest absolute Gasteiger partial charge is 0.234 e. The van der Waals surface area contributed by atoms with Crippen molar-refractivity contribution in [3.63, 3.8) is 0 Å². The summed E-state index contributed by atoms with van der Waals surface area (Å²) in [6.07, 6.45) is 17.2. The molecule has 1 atom stereocenters. The quantitative estimate of drug-likeness (QED) is 0.323. The van der Waals surface area contributed by atoms with E-state index >= 15 is 0 Å². The molecule has 2 saturated carbocycles. The first-order valence-electron chi connectivity index (χ1n) is 15.3. The summed E-state index contributed by atoms with van der Waals surface area (Å²) in [5.41, 5.74) is 7.65. The molecule has 2 heterocycles. The van der Waals surface area contributed by atoms with Crippen LogP contribution in [0, 0.1) is 29.6 Å². The molecule has 3 aliphatic carbocycles. The van der Waals surface area contributed by atoms with Crippen LogP contribution in [0.25, 0.3) is 5.70 Å². The third kappa shape index (κ3) is 6.86. The van der Waals surface area contributed by atoms with Crippen molar-refractivity contribution in [1.82, 2.24) is 19.2 Å². The van der Waals surface area contributed by atoms with Crippen LogP contribution in [-0.2, 0) is 30.6 Å². The molecule has 2 fully saturated rings. The Morgan fingerprint density at radius 2 is 1.90 bits per heavy atom. The van der Waals surface area contributed by atoms with Gasteiger partial charge in [-0.15, -0.1) is 0 Å². The van der Waals surface area contributed by atoms with Gasteiger partial charge in [-0.25, -0.2) is 4.68 Å². The highest BCUT2D eigenvalue weighted by molar-refractivity contribution is 5.66. The van der Waals surface area contributed by atoms with Gasteiger partial charge in [-0.1, -0.05) is 39.7 Å². The predicted octanol–water partition coefficient (Wildman–Crippen LogP) is 7.11. The number of hydrogen-bond donors (Lipinski definition) is 0. The molecular weight excluding hydrogens is 482 g/mol. The van der Waals surface area contributed by atoms with Crippen LogP contribution < -0.4 is 0 Å². The van der Waals surface area contributed by atoms with Gasteiger partial charge in [0.1, 0.15) is 0 Å². The van der Waals surface area contributed by atoms with Crippen molar-refractivity contribution < 1.29 is 4.79 Å². The zero-order chi connectivity index (χ0) is 28.2. The Hall–Kier alpha value is -2.81. The van der Waals surface area contributed by atoms with Crippen molar-refractivity contribution in [2.45, 2.75) is 130 Å². The molecule has 0 N–H and O–H groups in total. The van der Waals surface area contributed by atoms with E-state index < -0.39 is 0 Å². The summed E-state index contributed by atoms with van der Waals surface area (Å²) in [5, 5.41) is 12.8. The van der Waals surface area contributed by atoms with Crippen molar-refractivity contribution in [3.8, 4) is 6.07 Å². The number of aromatic nitrogens is 3. The minimum Gasteiger partial charge on any atom is -0.365 e. The number of hydrogen-bond acceptors (Lipinski definition) is 4. The highest BCUT2D eigenvalue weighted by atomic mass is 16.1. The van der Waals surface area contributed by atoms with Gasteiger partial charge in [0, 0.05) is 47.5 Å². The zero-order valence-electron chi connectivity index (χ0n) is 25.0. The van der Waals surface area contributed by atoms with E-state index in [-0.39, 0.29) is 5.41 Å². The van der Waals surface area contributed by atoms with E-state index in [2.05, 4.69) is 47.1 Å². The van der Waals surface area contributed by atoms with E-state index in [1.54, 1.807) is 0 Å². The van der Waals surface area contributed by atoms with Gasteiger partial charge in [0.2, 0.25) is 6.41 Å². The summed E-state index contributed by atoms with van der Waals surface area (Å²) in [6.45, 7) is 16.3. The first-order chi connectivity index (χ1) is 18.7. The standard InChI is InChI=1S/C27H38N4O.C6H11N/c1-4-27-25(14-19(2)30(27)16-21-8-6-5-7-9-21)20(3)31(23-10-11-23)24-12-13-26-22(15-24)17-29(18-32)28-26;1-4-6(2,3)5-7/h14,17-18,21,23-24H,3-13,15-16H2,1-2H3;4H2,1-3H3. The Balaban J connectivity index is 0.000000448. The number of carbonyl (C=O) groups is 1. The Bertz CT molecular complexity index is 1190. The summed E-state index contributed by atoms with van der Waals surface area (Å²) in [6, 6.07) is 5.65. The lowest BCUT2D eigenvalue weighted by Crippen LogP contribution is -2.39. The zero-order valence-corrected chi connectivity index (χ0v) is 25.0. The number of aryl methyl sites for hydroxylation is 2. The summed E-state index contributed by atoms with van der Waals surface area (Å²) in [5.74, 6) is 0.826. The second kappa shape index (κ2) is 12.6. The second-order valence-corrected chi connectivity index (χ2v) is 12.6. The molecule has 6 heteroatoms. The van der Waals surface area contributed by atoms with E-state index in [4.69, 9.17) is 5.26 Å². The normalized spacial score (nSPS) is 19.4. The molecule has 2 aromatic rings. The van der Waals surface area contributed by atoms with Gasteiger partial charge in [-0.05, 0) is 96.1 Å². The van der Waals surface area contributed by atoms with Gasteiger partial charge in [0.15, 0.2) is 0 Å². The van der Waals surface area contributed by atoms with Crippen LogP contribution in [-0.4, -0.2) is 37.7 Å². The molecule has 0 radical (unpaired) electrons. The van der Waals surface area contributed by atoms with Crippen molar-refractivity contribution in [1.29, 1.82) is 5.26 Å². The molecule has 39 heavy (non-hydrogen) atoms. The molecule has 0 amide bonds. The fraction of sp³-hybridized carbons (Fsp3) is 0.667. The molecule has 0 aromatic carbocycles. The summed E-state index contributed by atoms with van der Waals surface area (Å²) < 4.78 is 4.04. The lowest BCUT2D eigenvalue weighted by Gasteiger charge is -2.37. The minimum atomic E-state index is -0.111. The van der Waals surface area contributed by atoms with E-state index in [9.17, 15) is 4.79 Å². The molecule has 0 spiro atoms. The molecule has 0 saturated heterocycles. The third-order valence-electron chi connectivity index (χ3n) is 9.23. The predicted molar refractivity (Wildman–Crippen MR) is 159 cm³/mol. The summed E-state index contributed by atoms with van der Waals surface area (Å²) in [7, 11) is 0. The van der Waals surface area contributed by atoms with Crippen LogP contribution in [0.3, 0.4) is 0 Å². The Labute approximate surface area is 236 Å². The maximum Gasteiger partial charge on any atom is 0.234 e. The SMILES string of the molecule is C=C(c1cc(C)n(CC2CCCCC2)c1CC)N(C1CC1)C1CCc2nn(C=O)cc2C1.CCC(C)(C)C#N. The second-order valence-electron chi connectivity index (χ2n) is 12.6. The fourth-order valence-electron chi connectivity index (χ4n) is 6.35. The molecule has 6 nitrogen and oxygen atoms in total. The largest absolute Gasteiger partial charge is 0.365 e. The lowest BCUT2D eigenvalue weighted by atomic mass is 9.89. The van der Waals surface area contributed by atoms with E-state index in [1.165, 1.54) is 84.4 Å². The van der Waals surface area contributed by atoms with Crippen molar-refractivity contribution in [2.24, 2.45) is 11.3 Å². The maximum absolute atomic E-state index is 11.2. The number of nitriles is 1. The Morgan fingerprint density at radius 1 is 1.18 bits per heavy atom. The van der Waals surface area contributed by atoms with Gasteiger partial charge in [-0.2, -0.15) is 10.4 Å². The number of carbonyl (C=O) groups excluding carboxylic acids is 1. The van der Waals surface area contributed by atoms with Gasteiger partial charge in [-0.3, -0.25) is 4.79 Å². The van der Waals surface area contributed by atoms with Crippen molar-refractivity contribution in [3.05, 3.63) is 47.1 Å². The minimum absolute atomic E-state index is 0.111. The van der Waals surface area contributed by atoms with Crippen LogP contribution in [0.5, 0.6) is 0 Å². The average Bonchev–Trinajstić information content (AvgIpc) is 3.61. The van der Waals surface area contributed by atoms with Crippen LogP contribution in [0.4, 0.5) is 0 Å².